The number of rotatable bonds is 3. The minimum atomic E-state index is -1.12. The molecular formula is C21H24FNO2. The van der Waals surface area contributed by atoms with E-state index in [0.29, 0.717) is 31.6 Å². The van der Waals surface area contributed by atoms with E-state index < -0.39 is 5.60 Å². The Labute approximate surface area is 148 Å². The van der Waals surface area contributed by atoms with Gasteiger partial charge in [-0.15, -0.1) is 0 Å². The molecule has 2 atom stereocenters. The van der Waals surface area contributed by atoms with Gasteiger partial charge in [-0.2, -0.15) is 0 Å². The fourth-order valence-electron chi connectivity index (χ4n) is 4.31. The van der Waals surface area contributed by atoms with Crippen molar-refractivity contribution < 1.29 is 14.2 Å². The van der Waals surface area contributed by atoms with Crippen LogP contribution in [-0.4, -0.2) is 35.3 Å². The lowest BCUT2D eigenvalue weighted by Crippen LogP contribution is -2.60. The molecule has 132 valence electrons. The highest BCUT2D eigenvalue weighted by molar-refractivity contribution is 5.31. The number of aliphatic hydroxyl groups is 1. The molecule has 0 amide bonds. The van der Waals surface area contributed by atoms with Gasteiger partial charge in [0.1, 0.15) is 5.82 Å². The van der Waals surface area contributed by atoms with Crippen molar-refractivity contribution in [1.29, 1.82) is 0 Å². The number of hydrogen-bond acceptors (Lipinski definition) is 3. The zero-order valence-corrected chi connectivity index (χ0v) is 14.5. The molecule has 1 N–H and O–H groups in total. The molecule has 4 rings (SSSR count). The molecule has 0 aromatic heterocycles. The average Bonchev–Trinajstić information content (AvgIpc) is 2.59. The van der Waals surface area contributed by atoms with Crippen LogP contribution in [0, 0.1) is 12.7 Å². The van der Waals surface area contributed by atoms with Crippen LogP contribution in [0.25, 0.3) is 0 Å². The molecule has 2 aromatic rings. The Kier molecular flexibility index (Phi) is 4.36. The summed E-state index contributed by atoms with van der Waals surface area (Å²) in [6.45, 7) is 3.94. The minimum Gasteiger partial charge on any atom is -0.385 e. The molecule has 2 saturated heterocycles. The van der Waals surface area contributed by atoms with Gasteiger partial charge in [0.25, 0.3) is 0 Å². The third-order valence-electron chi connectivity index (χ3n) is 5.54. The summed E-state index contributed by atoms with van der Waals surface area (Å²) in [4.78, 5) is 2.42. The number of ether oxygens (including phenoxy) is 1. The lowest BCUT2D eigenvalue weighted by molar-refractivity contribution is -0.150. The summed E-state index contributed by atoms with van der Waals surface area (Å²) in [6, 6.07) is 15.5. The van der Waals surface area contributed by atoms with Crippen LogP contribution in [-0.2, 0) is 16.9 Å². The van der Waals surface area contributed by atoms with Crippen molar-refractivity contribution in [3.63, 3.8) is 0 Å². The number of benzene rings is 2. The van der Waals surface area contributed by atoms with Gasteiger partial charge < -0.3 is 9.84 Å². The molecule has 2 aliphatic heterocycles. The van der Waals surface area contributed by atoms with Gasteiger partial charge in [-0.3, -0.25) is 4.90 Å². The molecule has 2 fully saturated rings. The molecule has 2 heterocycles. The van der Waals surface area contributed by atoms with E-state index in [1.165, 1.54) is 11.6 Å². The van der Waals surface area contributed by atoms with Crippen molar-refractivity contribution >= 4 is 0 Å². The van der Waals surface area contributed by atoms with Gasteiger partial charge in [0, 0.05) is 24.2 Å². The van der Waals surface area contributed by atoms with Crippen LogP contribution in [0.15, 0.2) is 48.5 Å². The summed E-state index contributed by atoms with van der Waals surface area (Å²) in [5.41, 5.74) is 1.54. The van der Waals surface area contributed by atoms with E-state index >= 15 is 0 Å². The van der Waals surface area contributed by atoms with Gasteiger partial charge in [0.2, 0.25) is 0 Å². The smallest absolute Gasteiger partial charge is 0.129 e. The Morgan fingerprint density at radius 2 is 1.80 bits per heavy atom. The molecule has 2 unspecified atom stereocenters. The van der Waals surface area contributed by atoms with E-state index in [2.05, 4.69) is 17.0 Å². The van der Waals surface area contributed by atoms with E-state index in [-0.39, 0.29) is 17.9 Å². The first-order valence-electron chi connectivity index (χ1n) is 8.91. The number of halogens is 1. The molecule has 0 saturated carbocycles. The lowest BCUT2D eigenvalue weighted by atomic mass is 9.76. The fourth-order valence-corrected chi connectivity index (χ4v) is 4.31. The zero-order chi connectivity index (χ0) is 17.4. The van der Waals surface area contributed by atoms with Crippen molar-refractivity contribution in [3.8, 4) is 0 Å². The number of piperidine rings is 1. The molecule has 0 radical (unpaired) electrons. The van der Waals surface area contributed by atoms with Crippen molar-refractivity contribution in [2.24, 2.45) is 0 Å². The summed E-state index contributed by atoms with van der Waals surface area (Å²) in [6.07, 6.45) is 0.993. The Hall–Kier alpha value is -1.75. The number of morpholine rings is 1. The Morgan fingerprint density at radius 3 is 2.48 bits per heavy atom. The Bertz CT molecular complexity index is 735. The summed E-state index contributed by atoms with van der Waals surface area (Å²) >= 11 is 0. The third kappa shape index (κ3) is 3.22. The highest BCUT2D eigenvalue weighted by Gasteiger charge is 2.47. The normalized spacial score (nSPS) is 29.6. The predicted molar refractivity (Wildman–Crippen MR) is 94.6 cm³/mol. The standard InChI is InChI=1S/C21H24FNO2/c1-15-7-8-20(22)19(9-15)21(24)10-17-13-25-14-18(11-21)23(17)12-16-5-3-2-4-6-16/h2-9,17-18,24H,10-14H2,1H3. The van der Waals surface area contributed by atoms with Crippen LogP contribution in [0.4, 0.5) is 4.39 Å². The second-order valence-electron chi connectivity index (χ2n) is 7.43. The van der Waals surface area contributed by atoms with Gasteiger partial charge in [0.05, 0.1) is 18.8 Å². The molecule has 3 nitrogen and oxygen atoms in total. The van der Waals surface area contributed by atoms with E-state index in [9.17, 15) is 9.50 Å². The molecule has 0 spiro atoms. The summed E-state index contributed by atoms with van der Waals surface area (Å²) in [5, 5.41) is 11.3. The van der Waals surface area contributed by atoms with Crippen molar-refractivity contribution in [1.82, 2.24) is 4.90 Å². The van der Waals surface area contributed by atoms with Crippen LogP contribution in [0.3, 0.4) is 0 Å². The van der Waals surface area contributed by atoms with Crippen LogP contribution in [0.1, 0.15) is 29.5 Å². The van der Waals surface area contributed by atoms with Crippen LogP contribution < -0.4 is 0 Å². The van der Waals surface area contributed by atoms with Gasteiger partial charge in [-0.05, 0) is 31.4 Å². The van der Waals surface area contributed by atoms with Gasteiger partial charge in [-0.25, -0.2) is 4.39 Å². The van der Waals surface area contributed by atoms with Crippen LogP contribution in [0.5, 0.6) is 0 Å². The lowest BCUT2D eigenvalue weighted by Gasteiger charge is -2.52. The summed E-state index contributed by atoms with van der Waals surface area (Å²) < 4.78 is 20.2. The number of hydrogen-bond donors (Lipinski definition) is 1. The first-order valence-corrected chi connectivity index (χ1v) is 8.91. The van der Waals surface area contributed by atoms with Crippen LogP contribution in [0.2, 0.25) is 0 Å². The van der Waals surface area contributed by atoms with Crippen LogP contribution >= 0.6 is 0 Å². The van der Waals surface area contributed by atoms with Gasteiger partial charge in [-0.1, -0.05) is 48.0 Å². The molecule has 2 aromatic carbocycles. The maximum atomic E-state index is 14.4. The van der Waals surface area contributed by atoms with E-state index in [0.717, 1.165) is 12.1 Å². The zero-order valence-electron chi connectivity index (χ0n) is 14.5. The SMILES string of the molecule is Cc1ccc(F)c(C2(O)CC3COCC(C2)N3Cc2ccccc2)c1. The van der Waals surface area contributed by atoms with Gasteiger partial charge >= 0.3 is 0 Å². The number of fused-ring (bicyclic) bond motifs is 2. The Balaban J connectivity index is 1.61. The van der Waals surface area contributed by atoms with Gasteiger partial charge in [0.15, 0.2) is 0 Å². The molecule has 2 bridgehead atoms. The molecule has 25 heavy (non-hydrogen) atoms. The third-order valence-corrected chi connectivity index (χ3v) is 5.54. The first kappa shape index (κ1) is 16.7. The molecule has 4 heteroatoms. The van der Waals surface area contributed by atoms with E-state index in [1.807, 2.05) is 25.1 Å². The van der Waals surface area contributed by atoms with Crippen molar-refractivity contribution in [2.75, 3.05) is 13.2 Å². The average molecular weight is 341 g/mol. The highest BCUT2D eigenvalue weighted by atomic mass is 19.1. The van der Waals surface area contributed by atoms with Crippen molar-refractivity contribution in [3.05, 3.63) is 71.0 Å². The van der Waals surface area contributed by atoms with Crippen molar-refractivity contribution in [2.45, 2.75) is 44.0 Å². The summed E-state index contributed by atoms with van der Waals surface area (Å²) in [5.74, 6) is -0.316. The quantitative estimate of drug-likeness (QED) is 0.929. The molecule has 0 aliphatic carbocycles. The second-order valence-corrected chi connectivity index (χ2v) is 7.43. The number of nitrogens with zero attached hydrogens (tertiary/aromatic N) is 1. The molecular weight excluding hydrogens is 317 g/mol. The molecule has 2 aliphatic rings. The highest BCUT2D eigenvalue weighted by Crippen LogP contribution is 2.42. The topological polar surface area (TPSA) is 32.7 Å². The second kappa shape index (κ2) is 6.52. The van der Waals surface area contributed by atoms with E-state index in [4.69, 9.17) is 4.74 Å². The minimum absolute atomic E-state index is 0.0950. The summed E-state index contributed by atoms with van der Waals surface area (Å²) in [7, 11) is 0. The largest absolute Gasteiger partial charge is 0.385 e. The maximum absolute atomic E-state index is 14.4. The number of aryl methyl sites for hydroxylation is 1. The Morgan fingerprint density at radius 1 is 1.12 bits per heavy atom. The van der Waals surface area contributed by atoms with E-state index in [1.54, 1.807) is 12.1 Å². The first-order chi connectivity index (χ1) is 12.0. The maximum Gasteiger partial charge on any atom is 0.129 e. The fraction of sp³-hybridized carbons (Fsp3) is 0.429. The monoisotopic (exact) mass is 341 g/mol. The predicted octanol–water partition coefficient (Wildman–Crippen LogP) is 3.39.